The maximum atomic E-state index is 14.0. The molecule has 0 radical (unpaired) electrons. The number of aromatic amines is 1. The second-order valence-electron chi connectivity index (χ2n) is 18.9. The Balaban J connectivity index is 0.858. The molecule has 10 rings (SSSR count). The Hall–Kier alpha value is -7.71. The zero-order valence-corrected chi connectivity index (χ0v) is 39.8. The number of carbonyl (C=O) groups is 2. The molecule has 8 heterocycles. The number of nitrogens with zero attached hydrogens (tertiary/aromatic N) is 11. The monoisotopic (exact) mass is 932 g/mol. The Morgan fingerprint density at radius 2 is 1.37 bits per heavy atom. The number of piperidine rings is 2. The molecule has 0 saturated carbocycles. The molecular weight excluding hydrogens is 877 g/mol. The van der Waals surface area contributed by atoms with E-state index < -0.39 is 5.91 Å². The third-order valence-electron chi connectivity index (χ3n) is 13.6. The standard InChI is InChI=1S/C54H56N14O2/c1-35-8-7-9-36(2)67(35)33-38-19-43(28-57-25-38)41-11-15-50-48(22-41)52(54(70)60-45-13-12-44(23-55)59-30-45)64-68(50)34-65(3)31-39-20-46(29-58-26-39)61-53(69)51-47-21-40(10-14-49(47)62-63-51)42-18-37(24-56-27-42)32-66-16-5-4-6-17-66/h10-15,18-22,24-30,35-36H,4-9,16-17,31-34H2,1-3H3,(H,60,70)(H,61,69)(H,62,63)/t35-,36+. The Morgan fingerprint density at radius 3 is 2.10 bits per heavy atom. The van der Waals surface area contributed by atoms with Gasteiger partial charge in [-0.2, -0.15) is 15.5 Å². The molecular formula is C54H56N14O2. The molecule has 2 aliphatic heterocycles. The lowest BCUT2D eigenvalue weighted by molar-refractivity contribution is 0.0952. The maximum Gasteiger partial charge on any atom is 0.276 e. The van der Waals surface area contributed by atoms with Gasteiger partial charge in [0.25, 0.3) is 11.8 Å². The van der Waals surface area contributed by atoms with E-state index in [4.69, 9.17) is 5.10 Å². The van der Waals surface area contributed by atoms with Gasteiger partial charge in [0.2, 0.25) is 0 Å². The Morgan fingerprint density at radius 1 is 0.700 bits per heavy atom. The Labute approximate surface area is 406 Å². The fraction of sp³-hybridized carbons (Fsp3) is 0.315. The first-order valence-corrected chi connectivity index (χ1v) is 24.1. The van der Waals surface area contributed by atoms with Crippen LogP contribution in [0.3, 0.4) is 0 Å². The lowest BCUT2D eigenvalue weighted by Gasteiger charge is -2.39. The highest BCUT2D eigenvalue weighted by molar-refractivity contribution is 6.12. The smallest absolute Gasteiger partial charge is 0.276 e. The number of carbonyl (C=O) groups excluding carboxylic acids is 2. The molecule has 0 aliphatic carbocycles. The average molecular weight is 933 g/mol. The molecule has 8 aromatic rings. The van der Waals surface area contributed by atoms with Crippen LogP contribution in [0, 0.1) is 11.3 Å². The summed E-state index contributed by atoms with van der Waals surface area (Å²) in [5.74, 6) is -0.760. The number of nitrogens with one attached hydrogen (secondary N) is 3. The number of amides is 2. The van der Waals surface area contributed by atoms with E-state index in [9.17, 15) is 14.9 Å². The van der Waals surface area contributed by atoms with Crippen LogP contribution >= 0.6 is 0 Å². The van der Waals surface area contributed by atoms with Crippen LogP contribution in [0.1, 0.15) is 95.7 Å². The van der Waals surface area contributed by atoms with Crippen molar-refractivity contribution in [3.8, 4) is 28.3 Å². The molecule has 0 spiro atoms. The summed E-state index contributed by atoms with van der Waals surface area (Å²) < 4.78 is 1.82. The molecule has 2 atom stereocenters. The molecule has 2 amide bonds. The van der Waals surface area contributed by atoms with E-state index >= 15 is 0 Å². The second-order valence-corrected chi connectivity index (χ2v) is 18.9. The number of likely N-dealkylation sites (tertiary alicyclic amines) is 2. The third-order valence-corrected chi connectivity index (χ3v) is 13.6. The van der Waals surface area contributed by atoms with Gasteiger partial charge in [0.15, 0.2) is 11.4 Å². The molecule has 0 unspecified atom stereocenters. The van der Waals surface area contributed by atoms with Crippen LogP contribution in [0.15, 0.2) is 110 Å². The fourth-order valence-electron chi connectivity index (χ4n) is 9.99. The molecule has 16 heteroatoms. The van der Waals surface area contributed by atoms with Crippen LogP contribution in [0.2, 0.25) is 0 Å². The maximum absolute atomic E-state index is 14.0. The number of nitriles is 1. The quantitative estimate of drug-likeness (QED) is 0.0940. The molecule has 2 aliphatic rings. The average Bonchev–Trinajstić information content (AvgIpc) is 3.97. The number of fused-ring (bicyclic) bond motifs is 2. The summed E-state index contributed by atoms with van der Waals surface area (Å²) in [6, 6.07) is 24.5. The van der Waals surface area contributed by atoms with Gasteiger partial charge in [0.05, 0.1) is 41.5 Å². The lowest BCUT2D eigenvalue weighted by Crippen LogP contribution is -2.42. The highest BCUT2D eigenvalue weighted by Crippen LogP contribution is 2.31. The topological polar surface area (TPSA) is 190 Å². The van der Waals surface area contributed by atoms with Gasteiger partial charge in [-0.05, 0) is 142 Å². The highest BCUT2D eigenvalue weighted by atomic mass is 16.2. The number of aromatic nitrogens is 8. The van der Waals surface area contributed by atoms with Crippen molar-refractivity contribution in [2.45, 2.75) is 90.8 Å². The van der Waals surface area contributed by atoms with E-state index in [-0.39, 0.29) is 23.0 Å². The van der Waals surface area contributed by atoms with Crippen molar-refractivity contribution in [2.75, 3.05) is 30.8 Å². The molecule has 6 aromatic heterocycles. The minimum atomic E-state index is -0.405. The van der Waals surface area contributed by atoms with E-state index in [1.807, 2.05) is 85.1 Å². The minimum absolute atomic E-state index is 0.247. The zero-order chi connectivity index (χ0) is 48.1. The number of hydrogen-bond donors (Lipinski definition) is 3. The van der Waals surface area contributed by atoms with E-state index in [1.54, 1.807) is 24.5 Å². The summed E-state index contributed by atoms with van der Waals surface area (Å²) in [5, 5.41) is 28.9. The van der Waals surface area contributed by atoms with Gasteiger partial charge in [0.1, 0.15) is 11.8 Å². The summed E-state index contributed by atoms with van der Waals surface area (Å²) >= 11 is 0. The summed E-state index contributed by atoms with van der Waals surface area (Å²) in [4.78, 5) is 52.8. The van der Waals surface area contributed by atoms with Gasteiger partial charge in [-0.25, -0.2) is 9.67 Å². The molecule has 2 fully saturated rings. The minimum Gasteiger partial charge on any atom is -0.319 e. The fourth-order valence-corrected chi connectivity index (χ4v) is 9.99. The number of benzene rings is 2. The highest BCUT2D eigenvalue weighted by Gasteiger charge is 2.25. The molecule has 16 nitrogen and oxygen atoms in total. The Kier molecular flexibility index (Phi) is 13.5. The van der Waals surface area contributed by atoms with Crippen molar-refractivity contribution in [1.29, 1.82) is 5.26 Å². The Bertz CT molecular complexity index is 3210. The summed E-state index contributed by atoms with van der Waals surface area (Å²) in [5.41, 5.74) is 10.3. The molecule has 0 bridgehead atoms. The molecule has 2 aromatic carbocycles. The largest absolute Gasteiger partial charge is 0.319 e. The first kappa shape index (κ1) is 46.0. The van der Waals surface area contributed by atoms with Crippen LogP contribution < -0.4 is 10.6 Å². The van der Waals surface area contributed by atoms with Crippen molar-refractivity contribution >= 4 is 45.0 Å². The van der Waals surface area contributed by atoms with Crippen molar-refractivity contribution in [3.63, 3.8) is 0 Å². The van der Waals surface area contributed by atoms with Gasteiger partial charge in [-0.15, -0.1) is 0 Å². The molecule has 354 valence electrons. The van der Waals surface area contributed by atoms with Gasteiger partial charge in [0, 0.05) is 84.6 Å². The normalized spacial score (nSPS) is 16.7. The predicted molar refractivity (Wildman–Crippen MR) is 270 cm³/mol. The number of pyridine rings is 4. The lowest BCUT2D eigenvalue weighted by atomic mass is 9.96. The first-order chi connectivity index (χ1) is 34.1. The predicted octanol–water partition coefficient (Wildman–Crippen LogP) is 9.04. The molecule has 3 N–H and O–H groups in total. The first-order valence-electron chi connectivity index (χ1n) is 24.1. The van der Waals surface area contributed by atoms with E-state index in [2.05, 4.69) is 81.4 Å². The molecule has 2 saturated heterocycles. The van der Waals surface area contributed by atoms with E-state index in [1.165, 1.54) is 50.3 Å². The SMILES string of the molecule is C[C@@H]1CCC[C@H](C)N1Cc1cncc(-c2ccc3c(c2)c(C(=O)Nc2ccc(C#N)nc2)nn3CN(C)Cc2cncc(NC(=O)c3n[nH]c4ccc(-c5cncc(CN6CCCCC6)c5)cc34)c2)c1. The van der Waals surface area contributed by atoms with Crippen LogP contribution in [0.4, 0.5) is 11.4 Å². The molecule has 70 heavy (non-hydrogen) atoms. The van der Waals surface area contributed by atoms with Crippen LogP contribution in [0.25, 0.3) is 44.1 Å². The van der Waals surface area contributed by atoms with Gasteiger partial charge in [-0.3, -0.25) is 44.3 Å². The third kappa shape index (κ3) is 10.3. The van der Waals surface area contributed by atoms with Crippen molar-refractivity contribution in [3.05, 3.63) is 144 Å². The van der Waals surface area contributed by atoms with E-state index in [0.717, 1.165) is 70.6 Å². The second kappa shape index (κ2) is 20.5. The van der Waals surface area contributed by atoms with Crippen molar-refractivity contribution in [1.82, 2.24) is 54.6 Å². The van der Waals surface area contributed by atoms with Crippen molar-refractivity contribution in [2.24, 2.45) is 0 Å². The van der Waals surface area contributed by atoms with E-state index in [0.29, 0.717) is 47.4 Å². The van der Waals surface area contributed by atoms with Gasteiger partial charge >= 0.3 is 0 Å². The zero-order valence-electron chi connectivity index (χ0n) is 39.8. The number of H-pyrrole nitrogens is 1. The summed E-state index contributed by atoms with van der Waals surface area (Å²) in [7, 11) is 1.96. The van der Waals surface area contributed by atoms with Crippen molar-refractivity contribution < 1.29 is 9.59 Å². The number of rotatable bonds is 14. The summed E-state index contributed by atoms with van der Waals surface area (Å²) in [6.07, 6.45) is 19.9. The number of anilines is 2. The van der Waals surface area contributed by atoms with Gasteiger partial charge < -0.3 is 10.6 Å². The van der Waals surface area contributed by atoms with Crippen LogP contribution in [-0.2, 0) is 26.3 Å². The van der Waals surface area contributed by atoms with Crippen LogP contribution in [0.5, 0.6) is 0 Å². The van der Waals surface area contributed by atoms with Gasteiger partial charge in [-0.1, -0.05) is 25.0 Å². The number of hydrogen-bond acceptors (Lipinski definition) is 12. The van der Waals surface area contributed by atoms with Crippen LogP contribution in [-0.4, -0.2) is 98.6 Å². The summed E-state index contributed by atoms with van der Waals surface area (Å²) in [6.45, 7) is 9.32.